The topological polar surface area (TPSA) is 39.2 Å². The van der Waals surface area contributed by atoms with E-state index in [1.807, 2.05) is 57.3 Å². The van der Waals surface area contributed by atoms with Crippen LogP contribution in [-0.2, 0) is 9.53 Å². The molecule has 3 unspecified atom stereocenters. The Bertz CT molecular complexity index is 538. The van der Waals surface area contributed by atoms with Crippen molar-refractivity contribution in [3.8, 4) is 0 Å². The van der Waals surface area contributed by atoms with Gasteiger partial charge in [-0.25, -0.2) is 0 Å². The van der Waals surface area contributed by atoms with Crippen molar-refractivity contribution in [1.82, 2.24) is 4.98 Å². The zero-order valence-electron chi connectivity index (χ0n) is 15.4. The summed E-state index contributed by atoms with van der Waals surface area (Å²) >= 11 is 0. The molecule has 0 amide bonds. The summed E-state index contributed by atoms with van der Waals surface area (Å²) in [6.45, 7) is 10.4. The number of aromatic nitrogens is 1. The number of esters is 1. The zero-order valence-corrected chi connectivity index (χ0v) is 15.4. The summed E-state index contributed by atoms with van der Waals surface area (Å²) in [4.78, 5) is 16.7. The highest BCUT2D eigenvalue weighted by Crippen LogP contribution is 2.36. The first-order chi connectivity index (χ1) is 11.6. The highest BCUT2D eigenvalue weighted by molar-refractivity contribution is 5.75. The van der Waals surface area contributed by atoms with Crippen LogP contribution < -0.4 is 0 Å². The van der Waals surface area contributed by atoms with Crippen LogP contribution in [0.25, 0.3) is 0 Å². The van der Waals surface area contributed by atoms with E-state index in [0.717, 1.165) is 11.1 Å². The van der Waals surface area contributed by atoms with Crippen LogP contribution in [0.3, 0.4) is 0 Å². The molecule has 0 bridgehead atoms. The number of nitrogens with zero attached hydrogens (tertiary/aromatic N) is 1. The lowest BCUT2D eigenvalue weighted by Gasteiger charge is -2.28. The van der Waals surface area contributed by atoms with Crippen LogP contribution in [-0.4, -0.2) is 17.6 Å². The molecule has 2 rings (SSSR count). The van der Waals surface area contributed by atoms with Gasteiger partial charge in [0.2, 0.25) is 0 Å². The van der Waals surface area contributed by atoms with Crippen LogP contribution in [0.4, 0.5) is 0 Å². The van der Waals surface area contributed by atoms with Gasteiger partial charge >= 0.3 is 5.97 Å². The molecule has 1 heterocycles. The number of rotatable bonds is 6. The van der Waals surface area contributed by atoms with E-state index in [2.05, 4.69) is 31.0 Å². The molecule has 2 aromatic rings. The fourth-order valence-corrected chi connectivity index (χ4v) is 2.90. The van der Waals surface area contributed by atoms with Crippen molar-refractivity contribution in [3.63, 3.8) is 0 Å². The first-order valence-corrected chi connectivity index (χ1v) is 8.76. The molecule has 0 aliphatic rings. The Morgan fingerprint density at radius 2 is 1.58 bits per heavy atom. The Kier molecular flexibility index (Phi) is 8.77. The van der Waals surface area contributed by atoms with Gasteiger partial charge in [0.25, 0.3) is 0 Å². The van der Waals surface area contributed by atoms with E-state index in [9.17, 15) is 4.79 Å². The molecule has 0 spiro atoms. The summed E-state index contributed by atoms with van der Waals surface area (Å²) in [7, 11) is 0. The highest BCUT2D eigenvalue weighted by Gasteiger charge is 2.33. The Labute approximate surface area is 146 Å². The van der Waals surface area contributed by atoms with E-state index < -0.39 is 0 Å². The number of benzene rings is 1. The third kappa shape index (κ3) is 5.19. The minimum atomic E-state index is -0.230. The average Bonchev–Trinajstić information content (AvgIpc) is 2.65. The zero-order chi connectivity index (χ0) is 17.9. The molecule has 0 saturated carbocycles. The SMILES string of the molecule is CC.CCOC(=O)C(C(C)c1ccccc1)C(C)c1cccnc1. The van der Waals surface area contributed by atoms with E-state index in [1.54, 1.807) is 6.20 Å². The Morgan fingerprint density at radius 3 is 2.12 bits per heavy atom. The third-order valence-electron chi connectivity index (χ3n) is 4.17. The fourth-order valence-electron chi connectivity index (χ4n) is 2.90. The van der Waals surface area contributed by atoms with Gasteiger partial charge in [0.1, 0.15) is 0 Å². The van der Waals surface area contributed by atoms with Crippen LogP contribution in [0.5, 0.6) is 0 Å². The maximum absolute atomic E-state index is 12.5. The van der Waals surface area contributed by atoms with Crippen molar-refractivity contribution in [2.75, 3.05) is 6.61 Å². The van der Waals surface area contributed by atoms with Gasteiger partial charge in [0.15, 0.2) is 0 Å². The molecule has 0 fully saturated rings. The van der Waals surface area contributed by atoms with Gasteiger partial charge in [-0.3, -0.25) is 9.78 Å². The molecule has 0 aliphatic carbocycles. The average molecular weight is 327 g/mol. The molecule has 0 saturated heterocycles. The summed E-state index contributed by atoms with van der Waals surface area (Å²) in [5.41, 5.74) is 2.21. The molecule has 130 valence electrons. The van der Waals surface area contributed by atoms with E-state index in [4.69, 9.17) is 4.74 Å². The molecule has 1 aromatic heterocycles. The van der Waals surface area contributed by atoms with E-state index >= 15 is 0 Å². The lowest BCUT2D eigenvalue weighted by atomic mass is 9.77. The second kappa shape index (κ2) is 10.6. The van der Waals surface area contributed by atoms with Crippen LogP contribution in [0.1, 0.15) is 57.6 Å². The first kappa shape index (κ1) is 19.9. The van der Waals surface area contributed by atoms with Crippen molar-refractivity contribution >= 4 is 5.97 Å². The summed E-state index contributed by atoms with van der Waals surface area (Å²) in [6.07, 6.45) is 3.57. The van der Waals surface area contributed by atoms with Gasteiger partial charge in [0.05, 0.1) is 12.5 Å². The molecule has 0 radical (unpaired) electrons. The first-order valence-electron chi connectivity index (χ1n) is 8.76. The number of ether oxygens (including phenoxy) is 1. The van der Waals surface area contributed by atoms with Gasteiger partial charge in [-0.05, 0) is 36.0 Å². The Morgan fingerprint density at radius 1 is 1.00 bits per heavy atom. The molecule has 3 nitrogen and oxygen atoms in total. The lowest BCUT2D eigenvalue weighted by Crippen LogP contribution is -2.28. The monoisotopic (exact) mass is 327 g/mol. The van der Waals surface area contributed by atoms with Gasteiger partial charge < -0.3 is 4.74 Å². The smallest absolute Gasteiger partial charge is 0.310 e. The number of carbonyl (C=O) groups is 1. The van der Waals surface area contributed by atoms with Crippen molar-refractivity contribution in [1.29, 1.82) is 0 Å². The quantitative estimate of drug-likeness (QED) is 0.685. The molecule has 0 N–H and O–H groups in total. The Hall–Kier alpha value is -2.16. The highest BCUT2D eigenvalue weighted by atomic mass is 16.5. The minimum Gasteiger partial charge on any atom is -0.466 e. The normalized spacial score (nSPS) is 13.9. The summed E-state index contributed by atoms with van der Waals surface area (Å²) < 4.78 is 5.33. The molecule has 1 aromatic carbocycles. The van der Waals surface area contributed by atoms with Crippen molar-refractivity contribution in [3.05, 3.63) is 66.0 Å². The number of hydrogen-bond donors (Lipinski definition) is 0. The largest absolute Gasteiger partial charge is 0.466 e. The second-order valence-corrected chi connectivity index (χ2v) is 5.55. The predicted molar refractivity (Wildman–Crippen MR) is 99.0 cm³/mol. The van der Waals surface area contributed by atoms with Crippen LogP contribution in [0.15, 0.2) is 54.9 Å². The lowest BCUT2D eigenvalue weighted by molar-refractivity contribution is -0.149. The van der Waals surface area contributed by atoms with E-state index in [1.165, 1.54) is 0 Å². The molecular formula is C21H29NO2. The van der Waals surface area contributed by atoms with E-state index in [-0.39, 0.29) is 23.7 Å². The Balaban J connectivity index is 0.00000139. The second-order valence-electron chi connectivity index (χ2n) is 5.55. The van der Waals surface area contributed by atoms with Crippen molar-refractivity contribution in [2.45, 2.75) is 46.5 Å². The van der Waals surface area contributed by atoms with Gasteiger partial charge in [0, 0.05) is 12.4 Å². The fraction of sp³-hybridized carbons (Fsp3) is 0.429. The van der Waals surface area contributed by atoms with Crippen LogP contribution >= 0.6 is 0 Å². The number of carbonyl (C=O) groups excluding carboxylic acids is 1. The number of hydrogen-bond acceptors (Lipinski definition) is 3. The predicted octanol–water partition coefficient (Wildman–Crippen LogP) is 5.19. The molecule has 0 aliphatic heterocycles. The van der Waals surface area contributed by atoms with Gasteiger partial charge in [-0.1, -0.05) is 64.1 Å². The summed E-state index contributed by atoms with van der Waals surface area (Å²) in [6, 6.07) is 14.0. The molecular weight excluding hydrogens is 298 g/mol. The van der Waals surface area contributed by atoms with Gasteiger partial charge in [-0.2, -0.15) is 0 Å². The van der Waals surface area contributed by atoms with Crippen LogP contribution in [0.2, 0.25) is 0 Å². The molecule has 3 atom stereocenters. The van der Waals surface area contributed by atoms with Crippen molar-refractivity contribution in [2.24, 2.45) is 5.92 Å². The molecule has 3 heteroatoms. The maximum Gasteiger partial charge on any atom is 0.310 e. The summed E-state index contributed by atoms with van der Waals surface area (Å²) in [5, 5.41) is 0. The third-order valence-corrected chi connectivity index (χ3v) is 4.17. The standard InChI is InChI=1S/C19H23NO2.C2H6/c1-4-22-19(21)18(14(2)16-9-6-5-7-10-16)15(3)17-11-8-12-20-13-17;1-2/h5-15,18H,4H2,1-3H3;1-2H3. The summed E-state index contributed by atoms with van der Waals surface area (Å²) in [5.74, 6) is -0.250. The molecule has 24 heavy (non-hydrogen) atoms. The minimum absolute atomic E-state index is 0.0444. The van der Waals surface area contributed by atoms with E-state index in [0.29, 0.717) is 6.61 Å². The van der Waals surface area contributed by atoms with Crippen LogP contribution in [0, 0.1) is 5.92 Å². The maximum atomic E-state index is 12.5. The van der Waals surface area contributed by atoms with Gasteiger partial charge in [-0.15, -0.1) is 0 Å². The number of pyridine rings is 1. The van der Waals surface area contributed by atoms with Crippen molar-refractivity contribution < 1.29 is 9.53 Å².